The summed E-state index contributed by atoms with van der Waals surface area (Å²) in [5.74, 6) is 1.71. The summed E-state index contributed by atoms with van der Waals surface area (Å²) in [5.41, 5.74) is 6.39. The molecule has 0 aromatic carbocycles. The van der Waals surface area contributed by atoms with E-state index in [1.165, 1.54) is 45.3 Å². The van der Waals surface area contributed by atoms with Crippen LogP contribution in [0.25, 0.3) is 0 Å². The van der Waals surface area contributed by atoms with Crippen LogP contribution in [0.4, 0.5) is 0 Å². The second-order valence-electron chi connectivity index (χ2n) is 6.57. The van der Waals surface area contributed by atoms with E-state index in [1.807, 2.05) is 0 Å². The maximum atomic E-state index is 6.08. The molecule has 2 aliphatic rings. The Hall–Kier alpha value is -0.120. The highest BCUT2D eigenvalue weighted by atomic mass is 15.2. The average molecular weight is 239 g/mol. The molecule has 2 rings (SSSR count). The average Bonchev–Trinajstić information content (AvgIpc) is 2.86. The van der Waals surface area contributed by atoms with E-state index in [4.69, 9.17) is 5.73 Å². The van der Waals surface area contributed by atoms with Crippen molar-refractivity contribution in [3.05, 3.63) is 0 Å². The lowest BCUT2D eigenvalue weighted by atomic mass is 9.93. The minimum Gasteiger partial charge on any atom is -0.329 e. The fraction of sp³-hybridized carbons (Fsp3) is 1.00. The van der Waals surface area contributed by atoms with Gasteiger partial charge in [-0.05, 0) is 58.2 Å². The summed E-state index contributed by atoms with van der Waals surface area (Å²) in [6.45, 7) is 6.96. The molecule has 2 N–H and O–H groups in total. The van der Waals surface area contributed by atoms with E-state index in [-0.39, 0.29) is 0 Å². The lowest BCUT2D eigenvalue weighted by molar-refractivity contribution is 0.108. The lowest BCUT2D eigenvalue weighted by Gasteiger charge is -2.39. The van der Waals surface area contributed by atoms with Gasteiger partial charge in [0.25, 0.3) is 0 Å². The van der Waals surface area contributed by atoms with Crippen molar-refractivity contribution >= 4 is 0 Å². The third-order valence-corrected chi connectivity index (χ3v) is 5.04. The van der Waals surface area contributed by atoms with Gasteiger partial charge in [-0.1, -0.05) is 6.92 Å². The highest BCUT2D eigenvalue weighted by Gasteiger charge is 2.40. The predicted molar refractivity (Wildman–Crippen MR) is 73.0 cm³/mol. The van der Waals surface area contributed by atoms with Crippen molar-refractivity contribution in [1.82, 2.24) is 9.80 Å². The molecule has 100 valence electrons. The highest BCUT2D eigenvalue weighted by Crippen LogP contribution is 2.38. The number of rotatable bonds is 4. The number of nitrogens with two attached hydrogens (primary N) is 1. The van der Waals surface area contributed by atoms with Crippen LogP contribution >= 0.6 is 0 Å². The third-order valence-electron chi connectivity index (χ3n) is 5.04. The molecular weight excluding hydrogens is 210 g/mol. The number of likely N-dealkylation sites (N-methyl/N-ethyl adjacent to an activating group) is 1. The van der Waals surface area contributed by atoms with E-state index in [0.29, 0.717) is 5.54 Å². The smallest absolute Gasteiger partial charge is 0.0331 e. The van der Waals surface area contributed by atoms with Crippen LogP contribution in [0.2, 0.25) is 0 Å². The zero-order chi connectivity index (χ0) is 12.5. The summed E-state index contributed by atoms with van der Waals surface area (Å²) in [4.78, 5) is 5.03. The van der Waals surface area contributed by atoms with E-state index in [2.05, 4.69) is 30.8 Å². The first-order valence-corrected chi connectivity index (χ1v) is 7.15. The second kappa shape index (κ2) is 5.25. The molecule has 3 nitrogen and oxygen atoms in total. The van der Waals surface area contributed by atoms with Gasteiger partial charge in [0.05, 0.1) is 0 Å². The topological polar surface area (TPSA) is 32.5 Å². The third kappa shape index (κ3) is 2.83. The van der Waals surface area contributed by atoms with Crippen LogP contribution < -0.4 is 5.73 Å². The summed E-state index contributed by atoms with van der Waals surface area (Å²) in [6, 6.07) is 0. The quantitative estimate of drug-likeness (QED) is 0.804. The summed E-state index contributed by atoms with van der Waals surface area (Å²) >= 11 is 0. The van der Waals surface area contributed by atoms with E-state index in [0.717, 1.165) is 18.4 Å². The normalized spacial score (nSPS) is 39.4. The maximum Gasteiger partial charge on any atom is 0.0331 e. The van der Waals surface area contributed by atoms with Crippen molar-refractivity contribution in [2.75, 3.05) is 40.3 Å². The molecule has 1 saturated carbocycles. The van der Waals surface area contributed by atoms with Crippen molar-refractivity contribution < 1.29 is 0 Å². The predicted octanol–water partition coefficient (Wildman–Crippen LogP) is 1.39. The van der Waals surface area contributed by atoms with Gasteiger partial charge >= 0.3 is 0 Å². The standard InChI is InChI=1S/C14H29N3/c1-12-4-6-14(8-12,11-15)17(3)10-13-5-7-16(2)9-13/h12-13H,4-11,15H2,1-3H3. The number of likely N-dealkylation sites (tertiary alicyclic amines) is 1. The van der Waals surface area contributed by atoms with E-state index in [9.17, 15) is 0 Å². The van der Waals surface area contributed by atoms with Crippen LogP contribution in [0.15, 0.2) is 0 Å². The fourth-order valence-electron chi connectivity index (χ4n) is 3.81. The molecule has 0 amide bonds. The van der Waals surface area contributed by atoms with E-state index >= 15 is 0 Å². The Morgan fingerprint density at radius 1 is 1.41 bits per heavy atom. The monoisotopic (exact) mass is 239 g/mol. The number of hydrogen-bond acceptors (Lipinski definition) is 3. The van der Waals surface area contributed by atoms with Crippen LogP contribution in [0.3, 0.4) is 0 Å². The molecule has 0 aromatic rings. The van der Waals surface area contributed by atoms with Crippen LogP contribution in [-0.2, 0) is 0 Å². The molecule has 17 heavy (non-hydrogen) atoms. The van der Waals surface area contributed by atoms with Gasteiger partial charge in [0.2, 0.25) is 0 Å². The van der Waals surface area contributed by atoms with Crippen molar-refractivity contribution in [3.8, 4) is 0 Å². The van der Waals surface area contributed by atoms with E-state index < -0.39 is 0 Å². The van der Waals surface area contributed by atoms with Gasteiger partial charge in [-0.15, -0.1) is 0 Å². The summed E-state index contributed by atoms with van der Waals surface area (Å²) in [7, 11) is 4.53. The molecule has 3 atom stereocenters. The fourth-order valence-corrected chi connectivity index (χ4v) is 3.81. The Bertz CT molecular complexity index is 256. The van der Waals surface area contributed by atoms with Crippen molar-refractivity contribution in [3.63, 3.8) is 0 Å². The first-order valence-electron chi connectivity index (χ1n) is 7.15. The summed E-state index contributed by atoms with van der Waals surface area (Å²) < 4.78 is 0. The Balaban J connectivity index is 1.91. The molecule has 0 spiro atoms. The SMILES string of the molecule is CC1CCC(CN)(N(C)CC2CCN(C)C2)C1. The van der Waals surface area contributed by atoms with Crippen molar-refractivity contribution in [1.29, 1.82) is 0 Å². The molecule has 0 aromatic heterocycles. The first kappa shape index (κ1) is 13.3. The van der Waals surface area contributed by atoms with Gasteiger partial charge in [0.1, 0.15) is 0 Å². The Labute approximate surface area is 106 Å². The molecule has 1 aliphatic heterocycles. The zero-order valence-electron chi connectivity index (χ0n) is 11.8. The molecule has 1 saturated heterocycles. The Morgan fingerprint density at radius 3 is 2.65 bits per heavy atom. The molecule has 0 bridgehead atoms. The van der Waals surface area contributed by atoms with Gasteiger partial charge in [-0.3, -0.25) is 4.90 Å². The molecular formula is C14H29N3. The summed E-state index contributed by atoms with van der Waals surface area (Å²) in [5, 5.41) is 0. The van der Waals surface area contributed by atoms with Crippen molar-refractivity contribution in [2.24, 2.45) is 17.6 Å². The first-order chi connectivity index (χ1) is 8.05. The van der Waals surface area contributed by atoms with Crippen LogP contribution in [0.5, 0.6) is 0 Å². The van der Waals surface area contributed by atoms with Gasteiger partial charge in [0.15, 0.2) is 0 Å². The maximum absolute atomic E-state index is 6.08. The molecule has 2 fully saturated rings. The number of hydrogen-bond donors (Lipinski definition) is 1. The van der Waals surface area contributed by atoms with Gasteiger partial charge in [0, 0.05) is 25.2 Å². The summed E-state index contributed by atoms with van der Waals surface area (Å²) in [6.07, 6.45) is 5.30. The van der Waals surface area contributed by atoms with E-state index in [1.54, 1.807) is 0 Å². The van der Waals surface area contributed by atoms with Crippen LogP contribution in [0, 0.1) is 11.8 Å². The second-order valence-corrected chi connectivity index (χ2v) is 6.57. The molecule has 1 heterocycles. The van der Waals surface area contributed by atoms with Crippen LogP contribution in [0.1, 0.15) is 32.6 Å². The van der Waals surface area contributed by atoms with Gasteiger partial charge in [-0.2, -0.15) is 0 Å². The Morgan fingerprint density at radius 2 is 2.18 bits per heavy atom. The lowest BCUT2D eigenvalue weighted by Crippen LogP contribution is -2.52. The molecule has 0 radical (unpaired) electrons. The zero-order valence-corrected chi connectivity index (χ0v) is 11.8. The van der Waals surface area contributed by atoms with Crippen molar-refractivity contribution in [2.45, 2.75) is 38.1 Å². The van der Waals surface area contributed by atoms with Crippen LogP contribution in [-0.4, -0.2) is 55.6 Å². The molecule has 3 unspecified atom stereocenters. The minimum atomic E-state index is 0.306. The van der Waals surface area contributed by atoms with Gasteiger partial charge < -0.3 is 10.6 Å². The largest absolute Gasteiger partial charge is 0.329 e. The van der Waals surface area contributed by atoms with Gasteiger partial charge in [-0.25, -0.2) is 0 Å². The Kier molecular flexibility index (Phi) is 4.11. The molecule has 3 heteroatoms. The number of nitrogens with zero attached hydrogens (tertiary/aromatic N) is 2. The molecule has 1 aliphatic carbocycles. The highest BCUT2D eigenvalue weighted by molar-refractivity contribution is 4.97. The minimum absolute atomic E-state index is 0.306.